The molecule has 0 heterocycles. The van der Waals surface area contributed by atoms with Crippen LogP contribution in [0, 0.1) is 11.3 Å². The molecule has 0 saturated heterocycles. The topological polar surface area (TPSA) is 84.0 Å². The van der Waals surface area contributed by atoms with Gasteiger partial charge in [-0.1, -0.05) is 0 Å². The molecule has 1 aliphatic carbocycles. The van der Waals surface area contributed by atoms with Crippen molar-refractivity contribution in [2.24, 2.45) is 11.7 Å². The molecule has 64 valence electrons. The van der Waals surface area contributed by atoms with Crippen LogP contribution in [-0.4, -0.2) is 17.3 Å². The highest BCUT2D eigenvalue weighted by Crippen LogP contribution is 2.17. The van der Waals surface area contributed by atoms with E-state index in [-0.39, 0.29) is 22.8 Å². The monoisotopic (exact) mass is 166 g/mol. The van der Waals surface area contributed by atoms with Gasteiger partial charge in [0.15, 0.2) is 5.78 Å². The van der Waals surface area contributed by atoms with Crippen molar-refractivity contribution < 1.29 is 9.59 Å². The molecule has 0 fully saturated rings. The second kappa shape index (κ2) is 2.55. The molecule has 0 spiro atoms. The van der Waals surface area contributed by atoms with E-state index >= 15 is 0 Å². The van der Waals surface area contributed by atoms with Crippen molar-refractivity contribution in [3.8, 4) is 0 Å². The molecule has 4 heteroatoms. The Hall–Kier alpha value is -1.45. The molecule has 0 radical (unpaired) electrons. The van der Waals surface area contributed by atoms with Crippen molar-refractivity contribution in [2.45, 2.75) is 13.8 Å². The van der Waals surface area contributed by atoms with Crippen LogP contribution >= 0.6 is 0 Å². The number of hydrogen-bond acceptors (Lipinski definition) is 4. The van der Waals surface area contributed by atoms with E-state index < -0.39 is 11.7 Å². The number of carbonyl (C=O) groups is 2. The second-order valence-electron chi connectivity index (χ2n) is 2.87. The lowest BCUT2D eigenvalue weighted by molar-refractivity contribution is -0.119. The zero-order chi connectivity index (χ0) is 9.46. The number of nitrogens with one attached hydrogen (secondary N) is 1. The fraction of sp³-hybridized carbons (Fsp3) is 0.375. The average Bonchev–Trinajstić information content (AvgIpc) is 2.08. The van der Waals surface area contributed by atoms with E-state index in [0.29, 0.717) is 0 Å². The van der Waals surface area contributed by atoms with E-state index in [1.54, 1.807) is 0 Å². The van der Waals surface area contributed by atoms with Gasteiger partial charge in [-0.15, -0.1) is 0 Å². The summed E-state index contributed by atoms with van der Waals surface area (Å²) in [6, 6.07) is 0. The van der Waals surface area contributed by atoms with Gasteiger partial charge in [0.25, 0.3) is 0 Å². The van der Waals surface area contributed by atoms with Crippen LogP contribution in [0.4, 0.5) is 0 Å². The number of nitrogens with two attached hydrogens (primary N) is 1. The molecule has 0 aliphatic heterocycles. The van der Waals surface area contributed by atoms with Crippen LogP contribution in [-0.2, 0) is 9.59 Å². The third-order valence-corrected chi connectivity index (χ3v) is 2.08. The van der Waals surface area contributed by atoms with Crippen molar-refractivity contribution in [2.75, 3.05) is 0 Å². The highest BCUT2D eigenvalue weighted by molar-refractivity contribution is 6.51. The summed E-state index contributed by atoms with van der Waals surface area (Å²) in [5, 5.41) is 7.29. The zero-order valence-corrected chi connectivity index (χ0v) is 6.97. The molecule has 0 aromatic rings. The van der Waals surface area contributed by atoms with Gasteiger partial charge in [0, 0.05) is 5.57 Å². The highest BCUT2D eigenvalue weighted by Gasteiger charge is 2.33. The Labute approximate surface area is 69.9 Å². The quantitative estimate of drug-likeness (QED) is 0.532. The first-order chi connectivity index (χ1) is 5.46. The molecule has 12 heavy (non-hydrogen) atoms. The standard InChI is InChI=1S/C8H10N2O2/c1-3-5(9)8(12)4(2)6(10)7(3)11/h3,9H,10H2,1-2H3. The van der Waals surface area contributed by atoms with Gasteiger partial charge < -0.3 is 11.1 Å². The summed E-state index contributed by atoms with van der Waals surface area (Å²) in [5.41, 5.74) is 5.42. The zero-order valence-electron chi connectivity index (χ0n) is 6.97. The summed E-state index contributed by atoms with van der Waals surface area (Å²) >= 11 is 0. The Balaban J connectivity index is 3.27. The molecule has 0 saturated carbocycles. The van der Waals surface area contributed by atoms with Gasteiger partial charge in [-0.25, -0.2) is 0 Å². The molecule has 0 bridgehead atoms. The first-order valence-corrected chi connectivity index (χ1v) is 3.60. The molecule has 0 amide bonds. The molecule has 1 aliphatic rings. The SMILES string of the molecule is CC1=C(N)C(=O)C(C)C(=N)C1=O. The maximum atomic E-state index is 11.2. The van der Waals surface area contributed by atoms with Crippen molar-refractivity contribution in [1.29, 1.82) is 5.41 Å². The largest absolute Gasteiger partial charge is 0.396 e. The molecular formula is C8H10N2O2. The van der Waals surface area contributed by atoms with E-state index in [4.69, 9.17) is 11.1 Å². The van der Waals surface area contributed by atoms with Crippen molar-refractivity contribution >= 4 is 17.3 Å². The van der Waals surface area contributed by atoms with Crippen LogP contribution < -0.4 is 5.73 Å². The molecular weight excluding hydrogens is 156 g/mol. The van der Waals surface area contributed by atoms with Crippen LogP contribution in [0.1, 0.15) is 13.8 Å². The lowest BCUT2D eigenvalue weighted by atomic mass is 9.85. The summed E-state index contributed by atoms with van der Waals surface area (Å²) < 4.78 is 0. The molecule has 1 atom stereocenters. The predicted octanol–water partition coefficient (Wildman–Crippen LogP) is 0.0268. The number of ketones is 2. The van der Waals surface area contributed by atoms with Gasteiger partial charge in [-0.3, -0.25) is 9.59 Å². The summed E-state index contributed by atoms with van der Waals surface area (Å²) in [4.78, 5) is 22.4. The van der Waals surface area contributed by atoms with Gasteiger partial charge >= 0.3 is 0 Å². The molecule has 3 N–H and O–H groups in total. The Morgan fingerprint density at radius 3 is 2.42 bits per heavy atom. The van der Waals surface area contributed by atoms with Crippen LogP contribution in [0.15, 0.2) is 11.3 Å². The van der Waals surface area contributed by atoms with E-state index in [9.17, 15) is 9.59 Å². The number of carbonyl (C=O) groups excluding carboxylic acids is 2. The smallest absolute Gasteiger partial charge is 0.205 e. The third kappa shape index (κ3) is 0.958. The lowest BCUT2D eigenvalue weighted by Crippen LogP contribution is -2.37. The Morgan fingerprint density at radius 2 is 1.92 bits per heavy atom. The number of hydrogen-bond donors (Lipinski definition) is 2. The summed E-state index contributed by atoms with van der Waals surface area (Å²) in [6.45, 7) is 2.98. The van der Waals surface area contributed by atoms with E-state index in [1.807, 2.05) is 0 Å². The van der Waals surface area contributed by atoms with Crippen molar-refractivity contribution in [1.82, 2.24) is 0 Å². The van der Waals surface area contributed by atoms with E-state index in [1.165, 1.54) is 13.8 Å². The van der Waals surface area contributed by atoms with Crippen molar-refractivity contribution in [3.63, 3.8) is 0 Å². The second-order valence-corrected chi connectivity index (χ2v) is 2.87. The van der Waals surface area contributed by atoms with Gasteiger partial charge in [0.2, 0.25) is 5.78 Å². The maximum absolute atomic E-state index is 11.2. The third-order valence-electron chi connectivity index (χ3n) is 2.08. The fourth-order valence-electron chi connectivity index (χ4n) is 1.07. The summed E-state index contributed by atoms with van der Waals surface area (Å²) in [7, 11) is 0. The Kier molecular flexibility index (Phi) is 1.84. The molecule has 4 nitrogen and oxygen atoms in total. The summed E-state index contributed by atoms with van der Waals surface area (Å²) in [6.07, 6.45) is 0. The average molecular weight is 166 g/mol. The van der Waals surface area contributed by atoms with E-state index in [0.717, 1.165) is 0 Å². The van der Waals surface area contributed by atoms with Gasteiger partial charge in [-0.2, -0.15) is 0 Å². The first-order valence-electron chi connectivity index (χ1n) is 3.60. The number of Topliss-reactive ketones (excluding diaryl/α,β-unsaturated/α-hetero) is 2. The minimum atomic E-state index is -0.679. The number of rotatable bonds is 0. The van der Waals surface area contributed by atoms with Gasteiger partial charge in [0.1, 0.15) is 0 Å². The van der Waals surface area contributed by atoms with E-state index in [2.05, 4.69) is 0 Å². The minimum absolute atomic E-state index is 0.00324. The molecule has 0 aromatic carbocycles. The highest BCUT2D eigenvalue weighted by atomic mass is 16.1. The van der Waals surface area contributed by atoms with Crippen LogP contribution in [0.3, 0.4) is 0 Å². The fourth-order valence-corrected chi connectivity index (χ4v) is 1.07. The number of allylic oxidation sites excluding steroid dienone is 2. The maximum Gasteiger partial charge on any atom is 0.205 e. The van der Waals surface area contributed by atoms with Crippen LogP contribution in [0.5, 0.6) is 0 Å². The normalized spacial score (nSPS) is 25.2. The Bertz CT molecular complexity index is 315. The van der Waals surface area contributed by atoms with Crippen LogP contribution in [0.2, 0.25) is 0 Å². The predicted molar refractivity (Wildman–Crippen MR) is 43.8 cm³/mol. The van der Waals surface area contributed by atoms with Gasteiger partial charge in [0.05, 0.1) is 17.3 Å². The molecule has 0 aromatic heterocycles. The molecule has 1 rings (SSSR count). The van der Waals surface area contributed by atoms with Gasteiger partial charge in [-0.05, 0) is 13.8 Å². The van der Waals surface area contributed by atoms with Crippen molar-refractivity contribution in [3.05, 3.63) is 11.3 Å². The minimum Gasteiger partial charge on any atom is -0.396 e. The first kappa shape index (κ1) is 8.64. The van der Waals surface area contributed by atoms with Crippen LogP contribution in [0.25, 0.3) is 0 Å². The Morgan fingerprint density at radius 1 is 1.42 bits per heavy atom. The molecule has 1 unspecified atom stereocenters. The summed E-state index contributed by atoms with van der Waals surface area (Å²) in [5.74, 6) is -1.42. The lowest BCUT2D eigenvalue weighted by Gasteiger charge is -2.18.